The molecule has 0 aliphatic heterocycles. The number of primary amides is 1. The zero-order valence-electron chi connectivity index (χ0n) is 17.2. The number of aryl methyl sites for hydroxylation is 1. The van der Waals surface area contributed by atoms with Crippen LogP contribution < -0.4 is 11.1 Å². The fraction of sp³-hybridized carbons (Fsp3) is 0.250. The van der Waals surface area contributed by atoms with Gasteiger partial charge in [0.05, 0.1) is 11.5 Å². The summed E-state index contributed by atoms with van der Waals surface area (Å²) in [5.74, 6) is -1.66. The van der Waals surface area contributed by atoms with E-state index in [4.69, 9.17) is 5.73 Å². The van der Waals surface area contributed by atoms with Gasteiger partial charge in [0.2, 0.25) is 5.91 Å². The van der Waals surface area contributed by atoms with E-state index in [1.54, 1.807) is 12.1 Å². The van der Waals surface area contributed by atoms with Gasteiger partial charge in [-0.2, -0.15) is 0 Å². The van der Waals surface area contributed by atoms with Gasteiger partial charge in [-0.3, -0.25) is 9.59 Å². The fourth-order valence-corrected chi connectivity index (χ4v) is 3.53. The summed E-state index contributed by atoms with van der Waals surface area (Å²) in [5.41, 5.74) is 9.88. The molecule has 3 rings (SSSR count). The maximum atomic E-state index is 13.1. The van der Waals surface area contributed by atoms with Crippen LogP contribution in [0.15, 0.2) is 60.7 Å². The predicted octanol–water partition coefficient (Wildman–Crippen LogP) is 3.37. The molecule has 2 aromatic carbocycles. The SMILES string of the molecule is Cc1cc(C(=O)NCC(Cc2ccc(F)cc2)C(N)=O)c(C)n1Cc1ccccc1. The van der Waals surface area contributed by atoms with Crippen LogP contribution in [0, 0.1) is 25.6 Å². The molecule has 1 aromatic heterocycles. The number of benzene rings is 2. The molecule has 2 amide bonds. The number of nitrogens with one attached hydrogen (secondary N) is 1. The summed E-state index contributed by atoms with van der Waals surface area (Å²) < 4.78 is 15.2. The lowest BCUT2D eigenvalue weighted by atomic mass is 9.98. The molecule has 5 nitrogen and oxygen atoms in total. The van der Waals surface area contributed by atoms with Gasteiger partial charge in [0.1, 0.15) is 5.82 Å². The molecule has 30 heavy (non-hydrogen) atoms. The van der Waals surface area contributed by atoms with E-state index in [0.717, 1.165) is 22.5 Å². The molecular formula is C24H26FN3O2. The molecule has 6 heteroatoms. The van der Waals surface area contributed by atoms with Crippen molar-refractivity contribution in [3.8, 4) is 0 Å². The van der Waals surface area contributed by atoms with Crippen LogP contribution in [0.2, 0.25) is 0 Å². The lowest BCUT2D eigenvalue weighted by Gasteiger charge is -2.15. The number of carbonyl (C=O) groups excluding carboxylic acids is 2. The third-order valence-corrected chi connectivity index (χ3v) is 5.31. The predicted molar refractivity (Wildman–Crippen MR) is 115 cm³/mol. The molecule has 1 unspecified atom stereocenters. The maximum absolute atomic E-state index is 13.1. The minimum atomic E-state index is -0.577. The van der Waals surface area contributed by atoms with Gasteiger partial charge in [0.25, 0.3) is 5.91 Å². The third-order valence-electron chi connectivity index (χ3n) is 5.31. The van der Waals surface area contributed by atoms with Gasteiger partial charge in [0.15, 0.2) is 0 Å². The highest BCUT2D eigenvalue weighted by Crippen LogP contribution is 2.18. The molecule has 0 radical (unpaired) electrons. The molecular weight excluding hydrogens is 381 g/mol. The number of hydrogen-bond donors (Lipinski definition) is 2. The van der Waals surface area contributed by atoms with E-state index >= 15 is 0 Å². The Labute approximate surface area is 175 Å². The zero-order valence-corrected chi connectivity index (χ0v) is 17.2. The van der Waals surface area contributed by atoms with Crippen molar-refractivity contribution in [3.05, 3.63) is 94.6 Å². The maximum Gasteiger partial charge on any atom is 0.253 e. The Morgan fingerprint density at radius 2 is 1.70 bits per heavy atom. The van der Waals surface area contributed by atoms with Gasteiger partial charge in [-0.25, -0.2) is 4.39 Å². The van der Waals surface area contributed by atoms with Crippen LogP contribution in [-0.2, 0) is 17.8 Å². The van der Waals surface area contributed by atoms with E-state index in [9.17, 15) is 14.0 Å². The Morgan fingerprint density at radius 3 is 2.33 bits per heavy atom. The summed E-state index contributed by atoms with van der Waals surface area (Å²) >= 11 is 0. The number of amides is 2. The van der Waals surface area contributed by atoms with Crippen LogP contribution >= 0.6 is 0 Å². The number of rotatable bonds is 8. The van der Waals surface area contributed by atoms with Crippen molar-refractivity contribution >= 4 is 11.8 Å². The quantitative estimate of drug-likeness (QED) is 0.601. The summed E-state index contributed by atoms with van der Waals surface area (Å²) in [6.45, 7) is 4.68. The molecule has 3 N–H and O–H groups in total. The van der Waals surface area contributed by atoms with Gasteiger partial charge in [0, 0.05) is 24.5 Å². The van der Waals surface area contributed by atoms with Crippen molar-refractivity contribution in [2.75, 3.05) is 6.54 Å². The lowest BCUT2D eigenvalue weighted by Crippen LogP contribution is -2.37. The van der Waals surface area contributed by atoms with Gasteiger partial charge < -0.3 is 15.6 Å². The molecule has 0 saturated carbocycles. The Kier molecular flexibility index (Phi) is 6.67. The molecule has 1 heterocycles. The Hall–Kier alpha value is -3.41. The van der Waals surface area contributed by atoms with E-state index in [-0.39, 0.29) is 18.3 Å². The molecule has 0 saturated heterocycles. The number of nitrogens with zero attached hydrogens (tertiary/aromatic N) is 1. The van der Waals surface area contributed by atoms with Gasteiger partial charge >= 0.3 is 0 Å². The average molecular weight is 407 g/mol. The first kappa shape index (κ1) is 21.3. The standard InChI is InChI=1S/C24H26FN3O2/c1-16-12-22(17(2)28(16)15-19-6-4-3-5-7-19)24(30)27-14-20(23(26)29)13-18-8-10-21(25)11-9-18/h3-12,20H,13-15H2,1-2H3,(H2,26,29)(H,27,30). The van der Waals surface area contributed by atoms with E-state index in [0.29, 0.717) is 18.5 Å². The first-order valence-electron chi connectivity index (χ1n) is 9.87. The molecule has 0 fully saturated rings. The van der Waals surface area contributed by atoms with Crippen molar-refractivity contribution in [1.82, 2.24) is 9.88 Å². The minimum absolute atomic E-state index is 0.119. The van der Waals surface area contributed by atoms with Crippen molar-refractivity contribution in [2.24, 2.45) is 11.7 Å². The first-order valence-corrected chi connectivity index (χ1v) is 9.87. The summed E-state index contributed by atoms with van der Waals surface area (Å²) in [7, 11) is 0. The highest BCUT2D eigenvalue weighted by molar-refractivity contribution is 5.96. The second-order valence-corrected chi connectivity index (χ2v) is 7.50. The molecule has 0 aliphatic rings. The Balaban J connectivity index is 1.68. The molecule has 0 spiro atoms. The molecule has 1 atom stereocenters. The smallest absolute Gasteiger partial charge is 0.253 e. The largest absolute Gasteiger partial charge is 0.369 e. The fourth-order valence-electron chi connectivity index (χ4n) is 3.53. The van der Waals surface area contributed by atoms with Gasteiger partial charge in [-0.1, -0.05) is 42.5 Å². The van der Waals surface area contributed by atoms with E-state index in [1.165, 1.54) is 12.1 Å². The number of nitrogens with two attached hydrogens (primary N) is 1. The van der Waals surface area contributed by atoms with E-state index in [1.807, 2.05) is 50.2 Å². The Bertz CT molecular complexity index is 1030. The number of hydrogen-bond acceptors (Lipinski definition) is 2. The first-order chi connectivity index (χ1) is 14.3. The van der Waals surface area contributed by atoms with Crippen LogP contribution in [0.25, 0.3) is 0 Å². The van der Waals surface area contributed by atoms with E-state index in [2.05, 4.69) is 9.88 Å². The second kappa shape index (κ2) is 9.39. The molecule has 3 aromatic rings. The van der Waals surface area contributed by atoms with Crippen molar-refractivity contribution < 1.29 is 14.0 Å². The normalized spacial score (nSPS) is 11.8. The van der Waals surface area contributed by atoms with Gasteiger partial charge in [-0.05, 0) is 49.6 Å². The highest BCUT2D eigenvalue weighted by Gasteiger charge is 2.20. The van der Waals surface area contributed by atoms with Crippen molar-refractivity contribution in [3.63, 3.8) is 0 Å². The summed E-state index contributed by atoms with van der Waals surface area (Å²) in [5, 5.41) is 2.83. The van der Waals surface area contributed by atoms with Crippen LogP contribution in [0.1, 0.15) is 32.9 Å². The zero-order chi connectivity index (χ0) is 21.7. The van der Waals surface area contributed by atoms with Crippen molar-refractivity contribution in [1.29, 1.82) is 0 Å². The minimum Gasteiger partial charge on any atom is -0.369 e. The number of carbonyl (C=O) groups is 2. The van der Waals surface area contributed by atoms with Crippen molar-refractivity contribution in [2.45, 2.75) is 26.8 Å². The summed E-state index contributed by atoms with van der Waals surface area (Å²) in [4.78, 5) is 24.6. The monoisotopic (exact) mass is 407 g/mol. The summed E-state index contributed by atoms with van der Waals surface area (Å²) in [6, 6.07) is 17.8. The number of halogens is 1. The number of aromatic nitrogens is 1. The highest BCUT2D eigenvalue weighted by atomic mass is 19.1. The van der Waals surface area contributed by atoms with Crippen LogP contribution in [-0.4, -0.2) is 22.9 Å². The molecule has 0 aliphatic carbocycles. The lowest BCUT2D eigenvalue weighted by molar-refractivity contribution is -0.121. The van der Waals surface area contributed by atoms with Gasteiger partial charge in [-0.15, -0.1) is 0 Å². The van der Waals surface area contributed by atoms with E-state index < -0.39 is 11.8 Å². The van der Waals surface area contributed by atoms with Crippen LogP contribution in [0.4, 0.5) is 4.39 Å². The third kappa shape index (κ3) is 5.14. The topological polar surface area (TPSA) is 77.1 Å². The average Bonchev–Trinajstić information content (AvgIpc) is 3.01. The Morgan fingerprint density at radius 1 is 1.03 bits per heavy atom. The van der Waals surface area contributed by atoms with Crippen LogP contribution in [0.5, 0.6) is 0 Å². The molecule has 0 bridgehead atoms. The summed E-state index contributed by atoms with van der Waals surface area (Å²) in [6.07, 6.45) is 0.336. The van der Waals surface area contributed by atoms with Crippen LogP contribution in [0.3, 0.4) is 0 Å². The second-order valence-electron chi connectivity index (χ2n) is 7.50. The molecule has 156 valence electrons.